The first-order valence-electron chi connectivity index (χ1n) is 4.74. The van der Waals surface area contributed by atoms with Gasteiger partial charge in [-0.15, -0.1) is 0 Å². The van der Waals surface area contributed by atoms with Gasteiger partial charge >= 0.3 is 0 Å². The molecule has 0 spiro atoms. The molecule has 7 nitrogen and oxygen atoms in total. The number of anilines is 2. The van der Waals surface area contributed by atoms with Crippen LogP contribution in [0.1, 0.15) is 0 Å². The number of hydrogen-bond acceptors (Lipinski definition) is 5. The molecule has 0 aromatic carbocycles. The summed E-state index contributed by atoms with van der Waals surface area (Å²) in [6, 6.07) is 1.36. The maximum absolute atomic E-state index is 10.9. The van der Waals surface area contributed by atoms with E-state index in [1.807, 2.05) is 0 Å². The minimum Gasteiger partial charge on any atom is -0.382 e. The number of nitrogens with two attached hydrogens (primary N) is 3. The predicted molar refractivity (Wildman–Crippen MR) is 69.3 cm³/mol. The van der Waals surface area contributed by atoms with Gasteiger partial charge in [-0.2, -0.15) is 0 Å². The van der Waals surface area contributed by atoms with E-state index in [0.717, 1.165) is 0 Å². The van der Waals surface area contributed by atoms with Crippen molar-refractivity contribution in [2.45, 2.75) is 0 Å². The molecule has 1 aromatic heterocycles. The largest absolute Gasteiger partial charge is 0.382 e. The summed E-state index contributed by atoms with van der Waals surface area (Å²) in [6.45, 7) is -0.534. The Kier molecular flexibility index (Phi) is 4.57. The van der Waals surface area contributed by atoms with E-state index in [9.17, 15) is 9.59 Å². The zero-order chi connectivity index (χ0) is 13.9. The molecule has 0 aliphatic heterocycles. The van der Waals surface area contributed by atoms with Gasteiger partial charge in [-0.1, -0.05) is 23.2 Å². The van der Waals surface area contributed by atoms with Crippen LogP contribution in [-0.4, -0.2) is 29.9 Å². The van der Waals surface area contributed by atoms with Crippen molar-refractivity contribution in [3.63, 3.8) is 0 Å². The zero-order valence-electron chi connectivity index (χ0n) is 9.19. The lowest BCUT2D eigenvalue weighted by Crippen LogP contribution is -2.40. The normalized spacial score (nSPS) is 10.1. The number of hydrogen-bond donors (Lipinski definition) is 3. The average Bonchev–Trinajstić information content (AvgIpc) is 2.21. The molecule has 0 aliphatic rings. The Morgan fingerprint density at radius 1 is 1.17 bits per heavy atom. The van der Waals surface area contributed by atoms with Crippen molar-refractivity contribution in [3.05, 3.63) is 16.1 Å². The van der Waals surface area contributed by atoms with Crippen molar-refractivity contribution in [3.8, 4) is 0 Å². The number of primary amides is 2. The second-order valence-corrected chi connectivity index (χ2v) is 4.26. The Hall–Kier alpha value is -1.73. The molecule has 18 heavy (non-hydrogen) atoms. The number of amides is 2. The quantitative estimate of drug-likeness (QED) is 0.689. The Bertz CT molecular complexity index is 478. The fourth-order valence-electron chi connectivity index (χ4n) is 1.27. The summed E-state index contributed by atoms with van der Waals surface area (Å²) >= 11 is 11.6. The van der Waals surface area contributed by atoms with Crippen molar-refractivity contribution in [2.75, 3.05) is 23.7 Å². The molecule has 0 bridgehead atoms. The van der Waals surface area contributed by atoms with Gasteiger partial charge in [0.1, 0.15) is 5.82 Å². The highest BCUT2D eigenvalue weighted by Gasteiger charge is 2.18. The lowest BCUT2D eigenvalue weighted by molar-refractivity contribution is -0.117. The van der Waals surface area contributed by atoms with Crippen LogP contribution in [-0.2, 0) is 9.59 Å². The monoisotopic (exact) mass is 291 g/mol. The summed E-state index contributed by atoms with van der Waals surface area (Å²) in [5.41, 5.74) is 15.7. The van der Waals surface area contributed by atoms with Gasteiger partial charge in [0.15, 0.2) is 5.82 Å². The molecule has 1 aromatic rings. The summed E-state index contributed by atoms with van der Waals surface area (Å²) in [5, 5.41) is 0.304. The Morgan fingerprint density at radius 3 is 2.11 bits per heavy atom. The molecule has 0 atom stereocenters. The number of pyridine rings is 1. The number of carbonyl (C=O) groups excluding carboxylic acids is 2. The highest BCUT2D eigenvalue weighted by Crippen LogP contribution is 2.29. The van der Waals surface area contributed by atoms with Gasteiger partial charge in [0, 0.05) is 0 Å². The van der Waals surface area contributed by atoms with Gasteiger partial charge in [-0.25, -0.2) is 4.98 Å². The number of aromatic nitrogens is 1. The summed E-state index contributed by atoms with van der Waals surface area (Å²) in [5.74, 6) is -1.18. The highest BCUT2D eigenvalue weighted by atomic mass is 35.5. The van der Waals surface area contributed by atoms with Crippen molar-refractivity contribution < 1.29 is 9.59 Å². The van der Waals surface area contributed by atoms with Crippen LogP contribution in [0.5, 0.6) is 0 Å². The summed E-state index contributed by atoms with van der Waals surface area (Å²) < 4.78 is 0. The predicted octanol–water partition coefficient (Wildman–Crippen LogP) is -0.252. The Labute approximate surface area is 113 Å². The molecule has 0 radical (unpaired) electrons. The first kappa shape index (κ1) is 14.3. The smallest absolute Gasteiger partial charge is 0.237 e. The van der Waals surface area contributed by atoms with E-state index in [-0.39, 0.29) is 34.8 Å². The van der Waals surface area contributed by atoms with Crippen LogP contribution in [0.25, 0.3) is 0 Å². The molecule has 9 heteroatoms. The molecule has 98 valence electrons. The van der Waals surface area contributed by atoms with E-state index in [1.165, 1.54) is 11.0 Å². The van der Waals surface area contributed by atoms with Crippen molar-refractivity contribution in [1.29, 1.82) is 0 Å². The van der Waals surface area contributed by atoms with Gasteiger partial charge in [0.25, 0.3) is 0 Å². The SMILES string of the molecule is NC(=O)CN(CC(N)=O)c1nc(N)c(Cl)cc1Cl. The maximum atomic E-state index is 10.9. The number of halogens is 2. The van der Waals surface area contributed by atoms with Gasteiger partial charge in [0.2, 0.25) is 11.8 Å². The molecule has 1 heterocycles. The molecule has 0 saturated carbocycles. The van der Waals surface area contributed by atoms with Crippen molar-refractivity contribution in [2.24, 2.45) is 11.5 Å². The van der Waals surface area contributed by atoms with Crippen LogP contribution >= 0.6 is 23.2 Å². The fourth-order valence-corrected chi connectivity index (χ4v) is 1.75. The van der Waals surface area contributed by atoms with Crippen LogP contribution in [0.15, 0.2) is 6.07 Å². The van der Waals surface area contributed by atoms with E-state index >= 15 is 0 Å². The van der Waals surface area contributed by atoms with E-state index in [2.05, 4.69) is 4.98 Å². The lowest BCUT2D eigenvalue weighted by atomic mass is 10.3. The summed E-state index contributed by atoms with van der Waals surface area (Å²) in [6.07, 6.45) is 0. The van der Waals surface area contributed by atoms with Gasteiger partial charge in [0.05, 0.1) is 23.1 Å². The van der Waals surface area contributed by atoms with Crippen LogP contribution in [0.4, 0.5) is 11.6 Å². The molecule has 0 fully saturated rings. The molecule has 6 N–H and O–H groups in total. The first-order valence-corrected chi connectivity index (χ1v) is 5.50. The Morgan fingerprint density at radius 2 is 1.67 bits per heavy atom. The number of nitrogen functional groups attached to an aromatic ring is 1. The lowest BCUT2D eigenvalue weighted by Gasteiger charge is -2.22. The number of carbonyl (C=O) groups is 2. The van der Waals surface area contributed by atoms with Crippen LogP contribution in [0.2, 0.25) is 10.0 Å². The fraction of sp³-hybridized carbons (Fsp3) is 0.222. The molecule has 0 saturated heterocycles. The van der Waals surface area contributed by atoms with E-state index in [1.54, 1.807) is 0 Å². The first-order chi connectivity index (χ1) is 8.31. The van der Waals surface area contributed by atoms with E-state index in [0.29, 0.717) is 0 Å². The second-order valence-electron chi connectivity index (χ2n) is 3.45. The molecular weight excluding hydrogens is 281 g/mol. The van der Waals surface area contributed by atoms with Crippen LogP contribution in [0, 0.1) is 0 Å². The number of rotatable bonds is 5. The topological polar surface area (TPSA) is 128 Å². The third-order valence-corrected chi connectivity index (χ3v) is 2.51. The minimum absolute atomic E-state index is 0.0232. The highest BCUT2D eigenvalue weighted by molar-refractivity contribution is 6.37. The number of nitrogens with zero attached hydrogens (tertiary/aromatic N) is 2. The van der Waals surface area contributed by atoms with Crippen LogP contribution < -0.4 is 22.1 Å². The second kappa shape index (κ2) is 5.74. The van der Waals surface area contributed by atoms with Gasteiger partial charge in [-0.3, -0.25) is 9.59 Å². The molecule has 0 unspecified atom stereocenters. The third-order valence-electron chi connectivity index (χ3n) is 1.93. The van der Waals surface area contributed by atoms with Crippen molar-refractivity contribution >= 4 is 46.7 Å². The van der Waals surface area contributed by atoms with Crippen molar-refractivity contribution in [1.82, 2.24) is 4.98 Å². The zero-order valence-corrected chi connectivity index (χ0v) is 10.7. The molecular formula is C9H11Cl2N5O2. The summed E-state index contributed by atoms with van der Waals surface area (Å²) in [4.78, 5) is 27.0. The molecule has 1 rings (SSSR count). The molecule has 2 amide bonds. The van der Waals surface area contributed by atoms with Gasteiger partial charge < -0.3 is 22.1 Å². The van der Waals surface area contributed by atoms with Gasteiger partial charge in [-0.05, 0) is 6.07 Å². The standard InChI is InChI=1S/C9H11Cl2N5O2/c10-4-1-5(11)9(15-8(4)14)16(2-6(12)17)3-7(13)18/h1H,2-3H2,(H2,12,17)(H2,13,18)(H2,14,15). The van der Waals surface area contributed by atoms with E-state index < -0.39 is 11.8 Å². The summed E-state index contributed by atoms with van der Waals surface area (Å²) in [7, 11) is 0. The molecule has 0 aliphatic carbocycles. The maximum Gasteiger partial charge on any atom is 0.237 e. The minimum atomic E-state index is -0.664. The van der Waals surface area contributed by atoms with E-state index in [4.69, 9.17) is 40.4 Å². The third kappa shape index (κ3) is 3.64. The van der Waals surface area contributed by atoms with Crippen LogP contribution in [0.3, 0.4) is 0 Å². The Balaban J connectivity index is 3.15. The average molecular weight is 292 g/mol.